The highest BCUT2D eigenvalue weighted by Gasteiger charge is 2.13. The fourth-order valence-electron chi connectivity index (χ4n) is 1.44. The molecule has 1 aromatic heterocycles. The van der Waals surface area contributed by atoms with Gasteiger partial charge in [0.15, 0.2) is 0 Å². The highest BCUT2D eigenvalue weighted by molar-refractivity contribution is 5.75. The lowest BCUT2D eigenvalue weighted by molar-refractivity contribution is -0.138. The molecule has 0 aromatic carbocycles. The van der Waals surface area contributed by atoms with Crippen LogP contribution < -0.4 is 10.6 Å². The van der Waals surface area contributed by atoms with Crippen LogP contribution in [0.15, 0.2) is 0 Å². The van der Waals surface area contributed by atoms with Crippen molar-refractivity contribution < 1.29 is 9.53 Å². The van der Waals surface area contributed by atoms with E-state index >= 15 is 0 Å². The molecule has 0 bridgehead atoms. The number of ether oxygens (including phenoxy) is 1. The Morgan fingerprint density at radius 2 is 1.94 bits per heavy atom. The van der Waals surface area contributed by atoms with Gasteiger partial charge in [0.05, 0.1) is 7.11 Å². The first-order valence-electron chi connectivity index (χ1n) is 5.86. The van der Waals surface area contributed by atoms with Gasteiger partial charge >= 0.3 is 5.97 Å². The average Bonchev–Trinajstić information content (AvgIpc) is 2.36. The summed E-state index contributed by atoms with van der Waals surface area (Å²) >= 11 is 0. The molecule has 2 N–H and O–H groups in total. The van der Waals surface area contributed by atoms with Gasteiger partial charge in [-0.1, -0.05) is 13.8 Å². The Bertz CT molecular complexity index is 432. The van der Waals surface area contributed by atoms with Crippen LogP contribution >= 0.6 is 0 Å². The van der Waals surface area contributed by atoms with E-state index < -0.39 is 0 Å². The number of rotatable bonds is 5. The lowest BCUT2D eigenvalue weighted by Crippen LogP contribution is -2.18. The number of hydrogen-bond acceptors (Lipinski definition) is 6. The van der Waals surface area contributed by atoms with Gasteiger partial charge in [0.1, 0.15) is 24.0 Å². The van der Waals surface area contributed by atoms with Crippen LogP contribution in [0.3, 0.4) is 0 Å². The Morgan fingerprint density at radius 3 is 2.44 bits per heavy atom. The molecule has 0 atom stereocenters. The Kier molecular flexibility index (Phi) is 4.88. The van der Waals surface area contributed by atoms with Gasteiger partial charge < -0.3 is 15.4 Å². The number of nitrogens with one attached hydrogen (secondary N) is 2. The predicted octanol–water partition coefficient (Wildman–Crippen LogP) is 1.54. The normalized spacial score (nSPS) is 10.3. The van der Waals surface area contributed by atoms with E-state index in [1.807, 2.05) is 27.8 Å². The Labute approximate surface area is 107 Å². The number of aromatic nitrogens is 2. The summed E-state index contributed by atoms with van der Waals surface area (Å²) in [5.74, 6) is 2.04. The molecule has 1 aromatic rings. The summed E-state index contributed by atoms with van der Waals surface area (Å²) < 4.78 is 4.59. The first kappa shape index (κ1) is 14.2. The fourth-order valence-corrected chi connectivity index (χ4v) is 1.44. The molecule has 0 aliphatic rings. The van der Waals surface area contributed by atoms with E-state index in [0.717, 1.165) is 17.2 Å². The molecule has 6 heteroatoms. The number of methoxy groups -OCH3 is 1. The van der Waals surface area contributed by atoms with E-state index in [-0.39, 0.29) is 18.4 Å². The van der Waals surface area contributed by atoms with Gasteiger partial charge in [-0.2, -0.15) is 0 Å². The van der Waals surface area contributed by atoms with Gasteiger partial charge in [-0.15, -0.1) is 0 Å². The first-order valence-corrected chi connectivity index (χ1v) is 5.86. The van der Waals surface area contributed by atoms with Crippen LogP contribution in [0, 0.1) is 6.92 Å². The maximum atomic E-state index is 11.1. The van der Waals surface area contributed by atoms with Crippen LogP contribution in [0.2, 0.25) is 0 Å². The highest BCUT2D eigenvalue weighted by Crippen LogP contribution is 2.22. The van der Waals surface area contributed by atoms with E-state index in [0.29, 0.717) is 5.82 Å². The van der Waals surface area contributed by atoms with Crippen molar-refractivity contribution in [3.63, 3.8) is 0 Å². The minimum absolute atomic E-state index is 0.0923. The molecule has 6 nitrogen and oxygen atoms in total. The van der Waals surface area contributed by atoms with E-state index in [4.69, 9.17) is 0 Å². The van der Waals surface area contributed by atoms with Gasteiger partial charge in [0.2, 0.25) is 0 Å². The van der Waals surface area contributed by atoms with E-state index in [1.54, 1.807) is 0 Å². The number of carbonyl (C=O) groups is 1. The highest BCUT2D eigenvalue weighted by atomic mass is 16.5. The van der Waals surface area contributed by atoms with Gasteiger partial charge in [0.25, 0.3) is 0 Å². The molecular weight excluding hydrogens is 232 g/mol. The fraction of sp³-hybridized carbons (Fsp3) is 0.583. The molecule has 0 unspecified atom stereocenters. The van der Waals surface area contributed by atoms with Crippen molar-refractivity contribution in [3.8, 4) is 0 Å². The van der Waals surface area contributed by atoms with E-state index in [2.05, 4.69) is 25.3 Å². The molecule has 0 spiro atoms. The standard InChI is InChI=1S/C12H20N4O2/c1-7(2)10-15-11(13-4)8(3)12(16-10)14-6-9(17)18-5/h7H,6H2,1-5H3,(H2,13,14,15,16). The predicted molar refractivity (Wildman–Crippen MR) is 70.9 cm³/mol. The van der Waals surface area contributed by atoms with Crippen molar-refractivity contribution in [2.45, 2.75) is 26.7 Å². The van der Waals surface area contributed by atoms with Crippen LogP contribution in [0.1, 0.15) is 31.2 Å². The van der Waals surface area contributed by atoms with Gasteiger partial charge in [0, 0.05) is 18.5 Å². The molecule has 0 aliphatic heterocycles. The molecule has 0 aliphatic carbocycles. The molecule has 18 heavy (non-hydrogen) atoms. The number of nitrogens with zero attached hydrogens (tertiary/aromatic N) is 2. The van der Waals surface area contributed by atoms with Crippen molar-refractivity contribution in [2.75, 3.05) is 31.3 Å². The van der Waals surface area contributed by atoms with Gasteiger partial charge in [-0.05, 0) is 6.92 Å². The zero-order valence-corrected chi connectivity index (χ0v) is 11.5. The van der Waals surface area contributed by atoms with Gasteiger partial charge in [-0.25, -0.2) is 9.97 Å². The summed E-state index contributed by atoms with van der Waals surface area (Å²) in [6.07, 6.45) is 0. The van der Waals surface area contributed by atoms with E-state index in [1.165, 1.54) is 7.11 Å². The second-order valence-electron chi connectivity index (χ2n) is 4.24. The van der Waals surface area contributed by atoms with Crippen molar-refractivity contribution in [2.24, 2.45) is 0 Å². The van der Waals surface area contributed by atoms with Crippen LogP contribution in [-0.2, 0) is 9.53 Å². The second kappa shape index (κ2) is 6.18. The quantitative estimate of drug-likeness (QED) is 0.774. The molecule has 1 rings (SSSR count). The minimum Gasteiger partial charge on any atom is -0.468 e. The Morgan fingerprint density at radius 1 is 1.33 bits per heavy atom. The van der Waals surface area contributed by atoms with Crippen LogP contribution in [0.4, 0.5) is 11.6 Å². The molecule has 0 saturated carbocycles. The van der Waals surface area contributed by atoms with Gasteiger partial charge in [-0.3, -0.25) is 4.79 Å². The first-order chi connectivity index (χ1) is 8.49. The summed E-state index contributed by atoms with van der Waals surface area (Å²) in [5.41, 5.74) is 0.880. The zero-order valence-electron chi connectivity index (χ0n) is 11.5. The maximum absolute atomic E-state index is 11.1. The van der Waals surface area contributed by atoms with Crippen molar-refractivity contribution in [1.82, 2.24) is 9.97 Å². The van der Waals surface area contributed by atoms with Crippen molar-refractivity contribution >= 4 is 17.6 Å². The number of hydrogen-bond donors (Lipinski definition) is 2. The average molecular weight is 252 g/mol. The third-order valence-corrected chi connectivity index (χ3v) is 2.54. The van der Waals surface area contributed by atoms with E-state index in [9.17, 15) is 4.79 Å². The summed E-state index contributed by atoms with van der Waals surface area (Å²) in [4.78, 5) is 20.0. The molecule has 1 heterocycles. The SMILES string of the molecule is CNc1nc(C(C)C)nc(NCC(=O)OC)c1C. The molecule has 0 amide bonds. The summed E-state index contributed by atoms with van der Waals surface area (Å²) in [7, 11) is 3.17. The largest absolute Gasteiger partial charge is 0.468 e. The second-order valence-corrected chi connectivity index (χ2v) is 4.24. The maximum Gasteiger partial charge on any atom is 0.325 e. The van der Waals surface area contributed by atoms with Crippen LogP contribution in [0.5, 0.6) is 0 Å². The molecule has 0 saturated heterocycles. The lowest BCUT2D eigenvalue weighted by Gasteiger charge is -2.14. The third-order valence-electron chi connectivity index (χ3n) is 2.54. The van der Waals surface area contributed by atoms with Crippen molar-refractivity contribution in [1.29, 1.82) is 0 Å². The zero-order chi connectivity index (χ0) is 13.7. The molecule has 0 fully saturated rings. The van der Waals surface area contributed by atoms with Crippen LogP contribution in [0.25, 0.3) is 0 Å². The summed E-state index contributed by atoms with van der Waals surface area (Å²) in [6.45, 7) is 6.03. The smallest absolute Gasteiger partial charge is 0.325 e. The number of esters is 1. The lowest BCUT2D eigenvalue weighted by atomic mass is 10.2. The Balaban J connectivity index is 3.01. The monoisotopic (exact) mass is 252 g/mol. The Hall–Kier alpha value is -1.85. The topological polar surface area (TPSA) is 76.1 Å². The minimum atomic E-state index is -0.329. The number of anilines is 2. The third kappa shape index (κ3) is 3.32. The molecular formula is C12H20N4O2. The molecule has 100 valence electrons. The van der Waals surface area contributed by atoms with Crippen LogP contribution in [-0.4, -0.2) is 36.6 Å². The molecule has 0 radical (unpaired) electrons. The summed E-state index contributed by atoms with van der Waals surface area (Å²) in [6, 6.07) is 0. The van der Waals surface area contributed by atoms with Crippen molar-refractivity contribution in [3.05, 3.63) is 11.4 Å². The number of carbonyl (C=O) groups excluding carboxylic acids is 1. The summed E-state index contributed by atoms with van der Waals surface area (Å²) in [5, 5.41) is 5.99.